The Balaban J connectivity index is 2.50. The van der Waals surface area contributed by atoms with Gasteiger partial charge in [-0.05, 0) is 25.0 Å². The van der Waals surface area contributed by atoms with Gasteiger partial charge in [-0.3, -0.25) is 9.71 Å². The lowest BCUT2D eigenvalue weighted by Gasteiger charge is -2.17. The largest absolute Gasteiger partial charge is 0.283 e. The summed E-state index contributed by atoms with van der Waals surface area (Å²) in [5, 5.41) is 0. The number of fused-ring (bicyclic) bond motifs is 1. The molecule has 1 aliphatic heterocycles. The first-order chi connectivity index (χ1) is 6.07. The Morgan fingerprint density at radius 2 is 2.31 bits per heavy atom. The first-order valence-electron chi connectivity index (χ1n) is 4.03. The highest BCUT2D eigenvalue weighted by Crippen LogP contribution is 2.22. The summed E-state index contributed by atoms with van der Waals surface area (Å²) in [6, 6.07) is 1.76. The predicted octanol–water partition coefficient (Wildman–Crippen LogP) is 0.688. The highest BCUT2D eigenvalue weighted by atomic mass is 32.2. The van der Waals surface area contributed by atoms with Gasteiger partial charge in [0.15, 0.2) is 0 Å². The molecule has 1 N–H and O–H groups in total. The first-order valence-corrected chi connectivity index (χ1v) is 5.68. The Labute approximate surface area is 77.1 Å². The van der Waals surface area contributed by atoms with E-state index in [4.69, 9.17) is 0 Å². The SMILES string of the molecule is Cc1cc2c(cn1)CCS(=O)(=O)N2. The maximum absolute atomic E-state index is 11.2. The number of pyridine rings is 1. The second kappa shape index (κ2) is 2.70. The third-order valence-corrected chi connectivity index (χ3v) is 3.30. The topological polar surface area (TPSA) is 59.1 Å². The lowest BCUT2D eigenvalue weighted by atomic mass is 10.2. The van der Waals surface area contributed by atoms with Crippen molar-refractivity contribution in [3.05, 3.63) is 23.5 Å². The fourth-order valence-electron chi connectivity index (χ4n) is 1.35. The normalized spacial score (nSPS) is 18.8. The number of anilines is 1. The van der Waals surface area contributed by atoms with Crippen LogP contribution in [0.2, 0.25) is 0 Å². The average Bonchev–Trinajstić information content (AvgIpc) is 2.01. The summed E-state index contributed by atoms with van der Waals surface area (Å²) in [7, 11) is -3.09. The minimum absolute atomic E-state index is 0.157. The zero-order chi connectivity index (χ0) is 9.47. The number of nitrogens with one attached hydrogen (secondary N) is 1. The van der Waals surface area contributed by atoms with Gasteiger partial charge in [-0.15, -0.1) is 0 Å². The molecule has 1 aromatic heterocycles. The maximum Gasteiger partial charge on any atom is 0.233 e. The molecule has 4 nitrogen and oxygen atoms in total. The molecule has 2 heterocycles. The summed E-state index contributed by atoms with van der Waals surface area (Å²) in [6.45, 7) is 1.84. The van der Waals surface area contributed by atoms with E-state index in [1.807, 2.05) is 6.92 Å². The monoisotopic (exact) mass is 198 g/mol. The van der Waals surface area contributed by atoms with Crippen molar-refractivity contribution >= 4 is 15.7 Å². The number of nitrogens with zero attached hydrogens (tertiary/aromatic N) is 1. The fraction of sp³-hybridized carbons (Fsp3) is 0.375. The average molecular weight is 198 g/mol. The molecule has 0 radical (unpaired) electrons. The molecule has 70 valence electrons. The molecular weight excluding hydrogens is 188 g/mol. The Morgan fingerprint density at radius 3 is 3.08 bits per heavy atom. The van der Waals surface area contributed by atoms with Crippen LogP contribution >= 0.6 is 0 Å². The van der Waals surface area contributed by atoms with Crippen molar-refractivity contribution in [1.82, 2.24) is 4.98 Å². The van der Waals surface area contributed by atoms with Crippen LogP contribution in [-0.2, 0) is 16.4 Å². The van der Waals surface area contributed by atoms with Gasteiger partial charge >= 0.3 is 0 Å². The molecule has 0 aromatic carbocycles. The van der Waals surface area contributed by atoms with Crippen LogP contribution in [0.5, 0.6) is 0 Å². The van der Waals surface area contributed by atoms with Gasteiger partial charge in [0, 0.05) is 11.9 Å². The molecule has 0 saturated heterocycles. The Bertz CT molecular complexity index is 439. The molecule has 0 unspecified atom stereocenters. The number of aromatic nitrogens is 1. The van der Waals surface area contributed by atoms with Gasteiger partial charge in [0.2, 0.25) is 10.0 Å². The van der Waals surface area contributed by atoms with Crippen LogP contribution in [0, 0.1) is 6.92 Å². The zero-order valence-electron chi connectivity index (χ0n) is 7.24. The van der Waals surface area contributed by atoms with Crippen molar-refractivity contribution in [3.63, 3.8) is 0 Å². The molecule has 2 rings (SSSR count). The van der Waals surface area contributed by atoms with Gasteiger partial charge < -0.3 is 0 Å². The van der Waals surface area contributed by atoms with E-state index >= 15 is 0 Å². The van der Waals surface area contributed by atoms with Crippen LogP contribution in [-0.4, -0.2) is 19.2 Å². The second-order valence-electron chi connectivity index (χ2n) is 3.15. The third-order valence-electron chi connectivity index (χ3n) is 2.03. The Kier molecular flexibility index (Phi) is 1.76. The van der Waals surface area contributed by atoms with E-state index in [-0.39, 0.29) is 5.75 Å². The molecule has 1 aromatic rings. The van der Waals surface area contributed by atoms with E-state index in [0.717, 1.165) is 11.3 Å². The molecule has 0 spiro atoms. The van der Waals surface area contributed by atoms with Gasteiger partial charge in [-0.1, -0.05) is 0 Å². The van der Waals surface area contributed by atoms with E-state index in [1.165, 1.54) is 0 Å². The number of rotatable bonds is 0. The molecule has 0 bridgehead atoms. The first kappa shape index (κ1) is 8.50. The van der Waals surface area contributed by atoms with Crippen LogP contribution < -0.4 is 4.72 Å². The van der Waals surface area contributed by atoms with Crippen molar-refractivity contribution in [3.8, 4) is 0 Å². The molecule has 5 heteroatoms. The number of aryl methyl sites for hydroxylation is 2. The molecular formula is C8H10N2O2S. The smallest absolute Gasteiger partial charge is 0.233 e. The van der Waals surface area contributed by atoms with Crippen molar-refractivity contribution in [2.45, 2.75) is 13.3 Å². The second-order valence-corrected chi connectivity index (χ2v) is 5.00. The third kappa shape index (κ3) is 1.65. The van der Waals surface area contributed by atoms with Crippen LogP contribution in [0.4, 0.5) is 5.69 Å². The van der Waals surface area contributed by atoms with Crippen molar-refractivity contribution < 1.29 is 8.42 Å². The number of sulfonamides is 1. The summed E-state index contributed by atoms with van der Waals surface area (Å²) >= 11 is 0. The van der Waals surface area contributed by atoms with E-state index in [1.54, 1.807) is 12.3 Å². The molecule has 0 aliphatic carbocycles. The van der Waals surface area contributed by atoms with Crippen LogP contribution in [0.3, 0.4) is 0 Å². The lowest BCUT2D eigenvalue weighted by Crippen LogP contribution is -2.24. The molecule has 0 amide bonds. The Morgan fingerprint density at radius 1 is 1.54 bits per heavy atom. The summed E-state index contributed by atoms with van der Waals surface area (Å²) in [6.07, 6.45) is 2.28. The van der Waals surface area contributed by atoms with Crippen molar-refractivity contribution in [1.29, 1.82) is 0 Å². The fourth-order valence-corrected chi connectivity index (χ4v) is 2.46. The van der Waals surface area contributed by atoms with Crippen molar-refractivity contribution in [2.75, 3.05) is 10.5 Å². The van der Waals surface area contributed by atoms with Gasteiger partial charge in [-0.2, -0.15) is 0 Å². The van der Waals surface area contributed by atoms with E-state index < -0.39 is 10.0 Å². The quantitative estimate of drug-likeness (QED) is 0.667. The minimum atomic E-state index is -3.09. The predicted molar refractivity (Wildman–Crippen MR) is 50.1 cm³/mol. The highest BCUT2D eigenvalue weighted by molar-refractivity contribution is 7.92. The maximum atomic E-state index is 11.2. The zero-order valence-corrected chi connectivity index (χ0v) is 8.06. The summed E-state index contributed by atoms with van der Waals surface area (Å²) in [5.41, 5.74) is 2.47. The van der Waals surface area contributed by atoms with Gasteiger partial charge in [0.1, 0.15) is 0 Å². The Hall–Kier alpha value is -1.10. The minimum Gasteiger partial charge on any atom is -0.283 e. The van der Waals surface area contributed by atoms with E-state index in [0.29, 0.717) is 12.1 Å². The molecule has 1 aliphatic rings. The van der Waals surface area contributed by atoms with Gasteiger partial charge in [0.25, 0.3) is 0 Å². The molecule has 0 saturated carbocycles. The van der Waals surface area contributed by atoms with Crippen LogP contribution in [0.1, 0.15) is 11.3 Å². The molecule has 0 atom stereocenters. The van der Waals surface area contributed by atoms with Crippen LogP contribution in [0.15, 0.2) is 12.3 Å². The lowest BCUT2D eigenvalue weighted by molar-refractivity contribution is 0.599. The highest BCUT2D eigenvalue weighted by Gasteiger charge is 2.19. The summed E-state index contributed by atoms with van der Waals surface area (Å²) in [5.74, 6) is 0.157. The standard InChI is InChI=1S/C8H10N2O2S/c1-6-4-8-7(5-9-6)2-3-13(11,12)10-8/h4-5,10H,2-3H2,1H3. The van der Waals surface area contributed by atoms with Gasteiger partial charge in [-0.25, -0.2) is 8.42 Å². The van der Waals surface area contributed by atoms with Gasteiger partial charge in [0.05, 0.1) is 11.4 Å². The molecule has 13 heavy (non-hydrogen) atoms. The number of hydrogen-bond acceptors (Lipinski definition) is 3. The van der Waals surface area contributed by atoms with Crippen LogP contribution in [0.25, 0.3) is 0 Å². The molecule has 0 fully saturated rings. The summed E-state index contributed by atoms with van der Waals surface area (Å²) in [4.78, 5) is 4.11. The number of hydrogen-bond donors (Lipinski definition) is 1. The van der Waals surface area contributed by atoms with Crippen molar-refractivity contribution in [2.24, 2.45) is 0 Å². The van der Waals surface area contributed by atoms with E-state index in [9.17, 15) is 8.42 Å². The summed E-state index contributed by atoms with van der Waals surface area (Å²) < 4.78 is 24.9. The van der Waals surface area contributed by atoms with E-state index in [2.05, 4.69) is 9.71 Å².